The molecule has 33 heavy (non-hydrogen) atoms. The summed E-state index contributed by atoms with van der Waals surface area (Å²) in [5, 5.41) is 9.02. The maximum absolute atomic E-state index is 12.4. The van der Waals surface area contributed by atoms with Crippen LogP contribution in [0.3, 0.4) is 0 Å². The van der Waals surface area contributed by atoms with E-state index in [1.165, 1.54) is 31.4 Å². The summed E-state index contributed by atoms with van der Waals surface area (Å²) in [6.45, 7) is 1.31. The van der Waals surface area contributed by atoms with E-state index in [2.05, 4.69) is 15.4 Å². The quantitative estimate of drug-likeness (QED) is 0.250. The van der Waals surface area contributed by atoms with Crippen molar-refractivity contribution in [2.75, 3.05) is 19.5 Å². The molecular weight excluding hydrogens is 444 g/mol. The van der Waals surface area contributed by atoms with Crippen LogP contribution in [-0.2, 0) is 9.59 Å². The van der Waals surface area contributed by atoms with Gasteiger partial charge in [-0.05, 0) is 35.9 Å². The van der Waals surface area contributed by atoms with Crippen LogP contribution in [-0.4, -0.2) is 40.7 Å². The molecule has 0 unspecified atom stereocenters. The number of nitrogens with one attached hydrogen (secondary N) is 1. The Hall–Kier alpha value is -4.18. The van der Waals surface area contributed by atoms with Gasteiger partial charge in [0.2, 0.25) is 4.96 Å². The second-order valence-electron chi connectivity index (χ2n) is 6.81. The number of hydrogen-bond donors (Lipinski definition) is 1. The van der Waals surface area contributed by atoms with Crippen LogP contribution in [0.2, 0.25) is 0 Å². The highest BCUT2D eigenvalue weighted by Gasteiger charge is 2.13. The number of hydrogen-bond acceptors (Lipinski definition) is 8. The van der Waals surface area contributed by atoms with Gasteiger partial charge in [0, 0.05) is 23.9 Å². The standard InChI is InChI=1S/C23H20N4O5S/c1-14(28)32-19-9-7-15(11-20(19)31-3)8-10-21(29)24-22-25-23-27(26-22)18(13-33-23)16-5-4-6-17(12-16)30-2/h4-13H,1-3H3,(H,24,26,29)/b10-8+. The Bertz CT molecular complexity index is 1360. The smallest absolute Gasteiger partial charge is 0.308 e. The highest BCUT2D eigenvalue weighted by Crippen LogP contribution is 2.29. The molecule has 9 nitrogen and oxygen atoms in total. The first kappa shape index (κ1) is 22.0. The van der Waals surface area contributed by atoms with Gasteiger partial charge in [-0.3, -0.25) is 14.9 Å². The number of ether oxygens (including phenoxy) is 3. The van der Waals surface area contributed by atoms with Gasteiger partial charge < -0.3 is 14.2 Å². The Kier molecular flexibility index (Phi) is 6.36. The number of amides is 1. The van der Waals surface area contributed by atoms with Crippen molar-refractivity contribution in [2.45, 2.75) is 6.92 Å². The molecule has 2 aromatic carbocycles. The lowest BCUT2D eigenvalue weighted by atomic mass is 10.2. The van der Waals surface area contributed by atoms with Gasteiger partial charge in [0.05, 0.1) is 19.9 Å². The Morgan fingerprint density at radius 3 is 2.70 bits per heavy atom. The Balaban J connectivity index is 1.48. The van der Waals surface area contributed by atoms with E-state index in [1.54, 1.807) is 35.9 Å². The van der Waals surface area contributed by atoms with Crippen LogP contribution in [0, 0.1) is 0 Å². The van der Waals surface area contributed by atoms with Crippen LogP contribution in [0.1, 0.15) is 12.5 Å². The summed E-state index contributed by atoms with van der Waals surface area (Å²) in [5.74, 6) is 0.790. The SMILES string of the molecule is COc1cccc(-c2csc3nc(NC(=O)/C=C/c4ccc(OC(C)=O)c(OC)c4)nn23)c1. The van der Waals surface area contributed by atoms with Crippen molar-refractivity contribution in [1.82, 2.24) is 14.6 Å². The molecule has 4 rings (SSSR count). The normalized spacial score (nSPS) is 11.0. The van der Waals surface area contributed by atoms with E-state index in [-0.39, 0.29) is 11.9 Å². The van der Waals surface area contributed by atoms with Crippen LogP contribution >= 0.6 is 11.3 Å². The molecule has 1 N–H and O–H groups in total. The van der Waals surface area contributed by atoms with Crippen LogP contribution in [0.15, 0.2) is 53.9 Å². The molecule has 0 aliphatic rings. The largest absolute Gasteiger partial charge is 0.497 e. The fraction of sp³-hybridized carbons (Fsp3) is 0.130. The molecule has 10 heteroatoms. The molecule has 0 spiro atoms. The van der Waals surface area contributed by atoms with Crippen molar-refractivity contribution in [3.63, 3.8) is 0 Å². The van der Waals surface area contributed by atoms with Crippen molar-refractivity contribution in [2.24, 2.45) is 0 Å². The molecule has 0 fully saturated rings. The molecule has 1 amide bonds. The molecule has 0 saturated carbocycles. The summed E-state index contributed by atoms with van der Waals surface area (Å²) in [6, 6.07) is 12.6. The number of nitrogens with zero attached hydrogens (tertiary/aromatic N) is 3. The van der Waals surface area contributed by atoms with Crippen LogP contribution in [0.4, 0.5) is 5.95 Å². The lowest BCUT2D eigenvalue weighted by molar-refractivity contribution is -0.132. The summed E-state index contributed by atoms with van der Waals surface area (Å²) in [4.78, 5) is 28.6. The minimum absolute atomic E-state index is 0.198. The molecule has 4 aromatic rings. The second-order valence-corrected chi connectivity index (χ2v) is 7.65. The first-order chi connectivity index (χ1) is 16.0. The number of carbonyl (C=O) groups excluding carboxylic acids is 2. The molecule has 2 heterocycles. The van der Waals surface area contributed by atoms with Gasteiger partial charge in [-0.25, -0.2) is 4.52 Å². The number of methoxy groups -OCH3 is 2. The lowest BCUT2D eigenvalue weighted by Gasteiger charge is -2.08. The fourth-order valence-corrected chi connectivity index (χ4v) is 3.90. The van der Waals surface area contributed by atoms with Crippen LogP contribution < -0.4 is 19.5 Å². The molecule has 0 saturated heterocycles. The summed E-state index contributed by atoms with van der Waals surface area (Å²) in [6.07, 6.45) is 2.97. The highest BCUT2D eigenvalue weighted by atomic mass is 32.1. The number of benzene rings is 2. The van der Waals surface area contributed by atoms with E-state index in [1.807, 2.05) is 29.6 Å². The van der Waals surface area contributed by atoms with Crippen molar-refractivity contribution in [3.8, 4) is 28.5 Å². The van der Waals surface area contributed by atoms with Gasteiger partial charge >= 0.3 is 5.97 Å². The van der Waals surface area contributed by atoms with Crippen molar-refractivity contribution < 1.29 is 23.8 Å². The van der Waals surface area contributed by atoms with Gasteiger partial charge in [0.1, 0.15) is 5.75 Å². The maximum atomic E-state index is 12.4. The van der Waals surface area contributed by atoms with Gasteiger partial charge in [-0.1, -0.05) is 18.2 Å². The van der Waals surface area contributed by atoms with Crippen molar-refractivity contribution >= 4 is 40.2 Å². The monoisotopic (exact) mass is 464 g/mol. The molecule has 2 aromatic heterocycles. The lowest BCUT2D eigenvalue weighted by Crippen LogP contribution is -2.09. The number of anilines is 1. The topological polar surface area (TPSA) is 104 Å². The number of fused-ring (bicyclic) bond motifs is 1. The average Bonchev–Trinajstić information content (AvgIpc) is 3.38. The fourth-order valence-electron chi connectivity index (χ4n) is 3.07. The molecule has 0 bridgehead atoms. The summed E-state index contributed by atoms with van der Waals surface area (Å²) in [5.41, 5.74) is 2.46. The molecular formula is C23H20N4O5S. The Morgan fingerprint density at radius 2 is 1.94 bits per heavy atom. The van der Waals surface area contributed by atoms with Crippen LogP contribution in [0.25, 0.3) is 22.3 Å². The van der Waals surface area contributed by atoms with Crippen molar-refractivity contribution in [1.29, 1.82) is 0 Å². The number of thiazole rings is 1. The number of aromatic nitrogens is 3. The molecule has 0 atom stereocenters. The minimum atomic E-state index is -0.446. The average molecular weight is 465 g/mol. The zero-order valence-corrected chi connectivity index (χ0v) is 18.9. The maximum Gasteiger partial charge on any atom is 0.308 e. The minimum Gasteiger partial charge on any atom is -0.497 e. The van der Waals surface area contributed by atoms with E-state index in [0.717, 1.165) is 17.0 Å². The number of carbonyl (C=O) groups is 2. The van der Waals surface area contributed by atoms with Crippen molar-refractivity contribution in [3.05, 3.63) is 59.5 Å². The highest BCUT2D eigenvalue weighted by molar-refractivity contribution is 7.15. The van der Waals surface area contributed by atoms with E-state index < -0.39 is 5.97 Å². The molecule has 0 aliphatic heterocycles. The summed E-state index contributed by atoms with van der Waals surface area (Å²) in [7, 11) is 3.08. The predicted molar refractivity (Wildman–Crippen MR) is 125 cm³/mol. The van der Waals surface area contributed by atoms with Crippen LogP contribution in [0.5, 0.6) is 17.2 Å². The summed E-state index contributed by atoms with van der Waals surface area (Å²) < 4.78 is 17.3. The van der Waals surface area contributed by atoms with E-state index >= 15 is 0 Å². The predicted octanol–water partition coefficient (Wildman–Crippen LogP) is 4.05. The zero-order valence-electron chi connectivity index (χ0n) is 18.1. The second kappa shape index (κ2) is 9.53. The summed E-state index contributed by atoms with van der Waals surface area (Å²) >= 11 is 1.42. The zero-order chi connectivity index (χ0) is 23.4. The third-order valence-electron chi connectivity index (χ3n) is 4.55. The van der Waals surface area contributed by atoms with Gasteiger partial charge in [0.25, 0.3) is 11.9 Å². The first-order valence-corrected chi connectivity index (χ1v) is 10.7. The number of esters is 1. The van der Waals surface area contributed by atoms with Gasteiger partial charge in [-0.2, -0.15) is 4.98 Å². The third kappa shape index (κ3) is 5.01. The molecule has 0 radical (unpaired) electrons. The number of rotatable bonds is 7. The third-order valence-corrected chi connectivity index (χ3v) is 5.37. The Labute approximate surface area is 193 Å². The molecule has 168 valence electrons. The first-order valence-electron chi connectivity index (χ1n) is 9.81. The Morgan fingerprint density at radius 1 is 1.09 bits per heavy atom. The molecule has 0 aliphatic carbocycles. The van der Waals surface area contributed by atoms with Gasteiger partial charge in [-0.15, -0.1) is 16.4 Å². The van der Waals surface area contributed by atoms with E-state index in [4.69, 9.17) is 14.2 Å². The van der Waals surface area contributed by atoms with E-state index in [0.29, 0.717) is 22.0 Å². The van der Waals surface area contributed by atoms with Gasteiger partial charge in [0.15, 0.2) is 11.5 Å². The van der Waals surface area contributed by atoms with E-state index in [9.17, 15) is 9.59 Å².